The molecule has 0 unspecified atom stereocenters. The molecule has 5 nitrogen and oxygen atoms in total. The van der Waals surface area contributed by atoms with Gasteiger partial charge in [0.2, 0.25) is 0 Å². The number of hydrogen-bond donors (Lipinski definition) is 1. The van der Waals surface area contributed by atoms with Crippen molar-refractivity contribution in [3.05, 3.63) is 12.2 Å². The van der Waals surface area contributed by atoms with E-state index in [9.17, 15) is 0 Å². The number of hydrogen-bond acceptors (Lipinski definition) is 4. The molecule has 0 aromatic carbocycles. The van der Waals surface area contributed by atoms with Gasteiger partial charge in [-0.25, -0.2) is 4.98 Å². The van der Waals surface area contributed by atoms with Gasteiger partial charge >= 0.3 is 0 Å². The second kappa shape index (κ2) is 3.43. The minimum atomic E-state index is 0.320. The highest BCUT2D eigenvalue weighted by Gasteiger charge is 2.32. The molecule has 13 heavy (non-hydrogen) atoms. The fourth-order valence-corrected chi connectivity index (χ4v) is 1.82. The molecule has 2 atom stereocenters. The number of likely N-dealkylation sites (tertiary alicyclic amines) is 1. The molecule has 0 saturated carbocycles. The van der Waals surface area contributed by atoms with Crippen LogP contribution in [0.3, 0.4) is 0 Å². The van der Waals surface area contributed by atoms with Crippen LogP contribution < -0.4 is 0 Å². The van der Waals surface area contributed by atoms with Crippen molar-refractivity contribution in [1.82, 2.24) is 20.1 Å². The van der Waals surface area contributed by atoms with Gasteiger partial charge in [-0.15, -0.1) is 0 Å². The Morgan fingerprint density at radius 1 is 1.69 bits per heavy atom. The molecule has 1 aliphatic heterocycles. The Hall–Kier alpha value is -0.940. The molecule has 1 saturated heterocycles. The van der Waals surface area contributed by atoms with Gasteiger partial charge in [-0.2, -0.15) is 5.10 Å². The summed E-state index contributed by atoms with van der Waals surface area (Å²) >= 11 is 0. The first-order valence-electron chi connectivity index (χ1n) is 4.39. The molecule has 1 N–H and O–H groups in total. The predicted molar refractivity (Wildman–Crippen MR) is 47.2 cm³/mol. The molecule has 0 amide bonds. The average Bonchev–Trinajstić information content (AvgIpc) is 2.72. The van der Waals surface area contributed by atoms with E-state index in [4.69, 9.17) is 4.74 Å². The zero-order chi connectivity index (χ0) is 9.26. The monoisotopic (exact) mass is 182 g/mol. The molecule has 2 rings (SSSR count). The van der Waals surface area contributed by atoms with Gasteiger partial charge in [0.05, 0.1) is 12.1 Å². The molecule has 0 spiro atoms. The lowest BCUT2D eigenvalue weighted by Crippen LogP contribution is -2.20. The zero-order valence-corrected chi connectivity index (χ0v) is 7.90. The van der Waals surface area contributed by atoms with Crippen LogP contribution in [-0.2, 0) is 4.74 Å². The van der Waals surface area contributed by atoms with Crippen molar-refractivity contribution < 1.29 is 4.74 Å². The summed E-state index contributed by atoms with van der Waals surface area (Å²) in [6, 6.07) is 0.326. The Morgan fingerprint density at radius 3 is 3.08 bits per heavy atom. The van der Waals surface area contributed by atoms with Gasteiger partial charge in [0.15, 0.2) is 0 Å². The largest absolute Gasteiger partial charge is 0.380 e. The minimum Gasteiger partial charge on any atom is -0.380 e. The van der Waals surface area contributed by atoms with Crippen LogP contribution >= 0.6 is 0 Å². The standard InChI is InChI=1S/C8H14N4O/c1-12-4-6(13-2)3-7(12)8-9-5-10-11-8/h5-7H,3-4H2,1-2H3,(H,9,10,11)/t6-,7+/m1/s1. The lowest BCUT2D eigenvalue weighted by molar-refractivity contribution is 0.111. The summed E-state index contributed by atoms with van der Waals surface area (Å²) in [5.74, 6) is 0.932. The van der Waals surface area contributed by atoms with Crippen molar-refractivity contribution in [3.63, 3.8) is 0 Å². The van der Waals surface area contributed by atoms with Crippen LogP contribution in [-0.4, -0.2) is 46.9 Å². The van der Waals surface area contributed by atoms with E-state index in [2.05, 4.69) is 27.1 Å². The van der Waals surface area contributed by atoms with Gasteiger partial charge in [-0.05, 0) is 13.5 Å². The second-order valence-corrected chi connectivity index (χ2v) is 3.42. The fraction of sp³-hybridized carbons (Fsp3) is 0.750. The number of aromatic nitrogens is 3. The van der Waals surface area contributed by atoms with E-state index < -0.39 is 0 Å². The maximum absolute atomic E-state index is 5.31. The molecule has 5 heteroatoms. The maximum Gasteiger partial charge on any atom is 0.141 e. The lowest BCUT2D eigenvalue weighted by atomic mass is 10.2. The molecule has 0 aliphatic carbocycles. The molecule has 2 heterocycles. The molecule has 1 aromatic rings. The van der Waals surface area contributed by atoms with E-state index in [0.717, 1.165) is 18.8 Å². The average molecular weight is 182 g/mol. The Morgan fingerprint density at radius 2 is 2.54 bits per heavy atom. The number of methoxy groups -OCH3 is 1. The molecule has 0 radical (unpaired) electrons. The van der Waals surface area contributed by atoms with E-state index >= 15 is 0 Å². The van der Waals surface area contributed by atoms with Gasteiger partial charge in [-0.1, -0.05) is 0 Å². The van der Waals surface area contributed by atoms with E-state index in [1.165, 1.54) is 0 Å². The summed E-state index contributed by atoms with van der Waals surface area (Å²) in [4.78, 5) is 6.38. The summed E-state index contributed by atoms with van der Waals surface area (Å²) in [5, 5.41) is 6.74. The Balaban J connectivity index is 2.09. The lowest BCUT2D eigenvalue weighted by Gasteiger charge is -2.15. The highest BCUT2D eigenvalue weighted by atomic mass is 16.5. The molecule has 1 aromatic heterocycles. The van der Waals surface area contributed by atoms with Gasteiger partial charge < -0.3 is 4.74 Å². The Bertz CT molecular complexity index is 261. The Labute approximate surface area is 77.1 Å². The number of H-pyrrole nitrogens is 1. The number of nitrogens with zero attached hydrogens (tertiary/aromatic N) is 3. The SMILES string of the molecule is CO[C@@H]1C[C@@H](c2ncn[nH]2)N(C)C1. The van der Waals surface area contributed by atoms with Crippen molar-refractivity contribution >= 4 is 0 Å². The third kappa shape index (κ3) is 1.57. The maximum atomic E-state index is 5.31. The number of aromatic amines is 1. The molecule has 1 aliphatic rings. The van der Waals surface area contributed by atoms with Crippen molar-refractivity contribution in [3.8, 4) is 0 Å². The predicted octanol–water partition coefficient (Wildman–Crippen LogP) is 0.196. The first-order chi connectivity index (χ1) is 6.31. The van der Waals surface area contributed by atoms with Crippen LogP contribution in [0.1, 0.15) is 18.3 Å². The normalized spacial score (nSPS) is 29.7. The molecule has 72 valence electrons. The van der Waals surface area contributed by atoms with Crippen LogP contribution in [0, 0.1) is 0 Å². The molecular weight excluding hydrogens is 168 g/mol. The van der Waals surface area contributed by atoms with E-state index in [1.54, 1.807) is 13.4 Å². The molecule has 1 fully saturated rings. The van der Waals surface area contributed by atoms with Crippen molar-refractivity contribution in [1.29, 1.82) is 0 Å². The number of nitrogens with one attached hydrogen (secondary N) is 1. The highest BCUT2D eigenvalue weighted by Crippen LogP contribution is 2.28. The van der Waals surface area contributed by atoms with Crippen molar-refractivity contribution in [2.24, 2.45) is 0 Å². The van der Waals surface area contributed by atoms with E-state index in [1.807, 2.05) is 0 Å². The number of rotatable bonds is 2. The smallest absolute Gasteiger partial charge is 0.141 e. The summed E-state index contributed by atoms with van der Waals surface area (Å²) in [6.07, 6.45) is 2.85. The second-order valence-electron chi connectivity index (χ2n) is 3.42. The zero-order valence-electron chi connectivity index (χ0n) is 7.90. The van der Waals surface area contributed by atoms with Gasteiger partial charge in [-0.3, -0.25) is 10.00 Å². The molecule has 0 bridgehead atoms. The van der Waals surface area contributed by atoms with Crippen LogP contribution in [0.4, 0.5) is 0 Å². The summed E-state index contributed by atoms with van der Waals surface area (Å²) in [6.45, 7) is 0.960. The highest BCUT2D eigenvalue weighted by molar-refractivity contribution is 4.97. The van der Waals surface area contributed by atoms with Crippen LogP contribution in [0.25, 0.3) is 0 Å². The van der Waals surface area contributed by atoms with Crippen LogP contribution in [0.2, 0.25) is 0 Å². The number of ether oxygens (including phenoxy) is 1. The van der Waals surface area contributed by atoms with Crippen molar-refractivity contribution in [2.75, 3.05) is 20.7 Å². The van der Waals surface area contributed by atoms with Gasteiger partial charge in [0.1, 0.15) is 12.2 Å². The van der Waals surface area contributed by atoms with Gasteiger partial charge in [0, 0.05) is 13.7 Å². The van der Waals surface area contributed by atoms with E-state index in [-0.39, 0.29) is 0 Å². The summed E-state index contributed by atoms with van der Waals surface area (Å²) in [5.41, 5.74) is 0. The van der Waals surface area contributed by atoms with Crippen LogP contribution in [0.15, 0.2) is 6.33 Å². The topological polar surface area (TPSA) is 54.0 Å². The quantitative estimate of drug-likeness (QED) is 0.709. The third-order valence-corrected chi connectivity index (χ3v) is 2.59. The van der Waals surface area contributed by atoms with Crippen molar-refractivity contribution in [2.45, 2.75) is 18.6 Å². The van der Waals surface area contributed by atoms with Crippen LogP contribution in [0.5, 0.6) is 0 Å². The molecular formula is C8H14N4O. The first kappa shape index (κ1) is 8.65. The third-order valence-electron chi connectivity index (χ3n) is 2.59. The summed E-state index contributed by atoms with van der Waals surface area (Å²) in [7, 11) is 3.83. The van der Waals surface area contributed by atoms with E-state index in [0.29, 0.717) is 12.1 Å². The Kier molecular flexibility index (Phi) is 2.28. The first-order valence-corrected chi connectivity index (χ1v) is 4.39. The van der Waals surface area contributed by atoms with Gasteiger partial charge in [0.25, 0.3) is 0 Å². The fourth-order valence-electron chi connectivity index (χ4n) is 1.82. The minimum absolute atomic E-state index is 0.320. The summed E-state index contributed by atoms with van der Waals surface area (Å²) < 4.78 is 5.31. The number of likely N-dealkylation sites (N-methyl/N-ethyl adjacent to an activating group) is 1.